The second kappa shape index (κ2) is 13.7. The van der Waals surface area contributed by atoms with Gasteiger partial charge in [0.25, 0.3) is 0 Å². The first-order valence-corrected chi connectivity index (χ1v) is 11.6. The summed E-state index contributed by atoms with van der Waals surface area (Å²) in [7, 11) is 0. The van der Waals surface area contributed by atoms with Gasteiger partial charge in [-0.15, -0.1) is 0 Å². The van der Waals surface area contributed by atoms with Gasteiger partial charge in [-0.1, -0.05) is 61.9 Å². The molecule has 0 aliphatic heterocycles. The predicted octanol–water partition coefficient (Wildman–Crippen LogP) is 6.75. The number of imidazole rings is 1. The maximum Gasteiger partial charge on any atom is 0.339 e. The number of hydrogen-bond donors (Lipinski definition) is 1. The number of aromatic nitrogens is 2. The molecule has 0 aliphatic rings. The van der Waals surface area contributed by atoms with Crippen molar-refractivity contribution in [3.8, 4) is 11.5 Å². The Balaban J connectivity index is 0.000000384. The number of rotatable bonds is 7. The molecule has 1 heterocycles. The molecule has 0 amide bonds. The molecule has 0 fully saturated rings. The molecule has 0 spiro atoms. The minimum atomic E-state index is -1.03. The van der Waals surface area contributed by atoms with E-state index >= 15 is 0 Å². The van der Waals surface area contributed by atoms with Gasteiger partial charge in [-0.3, -0.25) is 0 Å². The van der Waals surface area contributed by atoms with Crippen molar-refractivity contribution in [2.45, 2.75) is 47.8 Å². The topological polar surface area (TPSA) is 73.6 Å². The Kier molecular flexibility index (Phi) is 10.6. The fourth-order valence-corrected chi connectivity index (χ4v) is 3.31. The maximum absolute atomic E-state index is 11.2. The van der Waals surface area contributed by atoms with E-state index in [4.69, 9.17) is 9.47 Å². The lowest BCUT2D eigenvalue weighted by atomic mass is 10.2. The number of carbonyl (C=O) groups is 1. The highest BCUT2D eigenvalue weighted by molar-refractivity contribution is 5.91. The zero-order chi connectivity index (χ0) is 24.9. The van der Waals surface area contributed by atoms with Crippen LogP contribution in [0.15, 0.2) is 72.8 Å². The number of carboxylic acids is 1. The highest BCUT2D eigenvalue weighted by Crippen LogP contribution is 2.26. The van der Waals surface area contributed by atoms with Gasteiger partial charge in [0.05, 0.1) is 17.6 Å². The first kappa shape index (κ1) is 26.5. The van der Waals surface area contributed by atoms with Gasteiger partial charge >= 0.3 is 5.97 Å². The van der Waals surface area contributed by atoms with Crippen molar-refractivity contribution in [3.05, 3.63) is 89.7 Å². The summed E-state index contributed by atoms with van der Waals surface area (Å²) >= 11 is 0. The van der Waals surface area contributed by atoms with E-state index in [1.165, 1.54) is 11.6 Å². The normalized spacial score (nSPS) is 9.91. The first-order valence-electron chi connectivity index (χ1n) is 11.6. The Hall–Kier alpha value is -3.80. The van der Waals surface area contributed by atoms with Crippen LogP contribution in [0.2, 0.25) is 0 Å². The summed E-state index contributed by atoms with van der Waals surface area (Å²) in [5.41, 5.74) is 3.44. The van der Waals surface area contributed by atoms with Gasteiger partial charge in [-0.2, -0.15) is 0 Å². The van der Waals surface area contributed by atoms with Gasteiger partial charge in [0, 0.05) is 12.6 Å². The minimum absolute atomic E-state index is 0.120. The van der Waals surface area contributed by atoms with Gasteiger partial charge in [0.2, 0.25) is 0 Å². The molecule has 6 nitrogen and oxygen atoms in total. The molecular weight excluding hydrogens is 428 g/mol. The summed E-state index contributed by atoms with van der Waals surface area (Å²) in [5.74, 6) is 0.645. The zero-order valence-electron chi connectivity index (χ0n) is 20.6. The van der Waals surface area contributed by atoms with E-state index in [0.29, 0.717) is 24.7 Å². The second-order valence-electron chi connectivity index (χ2n) is 7.10. The van der Waals surface area contributed by atoms with Crippen LogP contribution in [-0.2, 0) is 13.2 Å². The van der Waals surface area contributed by atoms with Crippen molar-refractivity contribution in [1.82, 2.24) is 9.55 Å². The smallest absolute Gasteiger partial charge is 0.339 e. The van der Waals surface area contributed by atoms with E-state index in [9.17, 15) is 9.90 Å². The summed E-state index contributed by atoms with van der Waals surface area (Å²) in [6, 6.07) is 22.9. The van der Waals surface area contributed by atoms with E-state index in [0.717, 1.165) is 23.4 Å². The van der Waals surface area contributed by atoms with Gasteiger partial charge in [0.15, 0.2) is 0 Å². The number of hydrogen-bond acceptors (Lipinski definition) is 4. The summed E-state index contributed by atoms with van der Waals surface area (Å²) in [4.78, 5) is 15.9. The molecular formula is C28H34N2O4. The lowest BCUT2D eigenvalue weighted by Crippen LogP contribution is -2.07. The van der Waals surface area contributed by atoms with Crippen molar-refractivity contribution in [2.75, 3.05) is 6.61 Å². The molecule has 180 valence electrons. The molecule has 0 saturated heterocycles. The molecule has 0 bridgehead atoms. The lowest BCUT2D eigenvalue weighted by molar-refractivity contribution is 0.0692. The lowest BCUT2D eigenvalue weighted by Gasteiger charge is -2.11. The SMILES string of the molecule is CC.CCOc1cc(OCc2nc3ccccc3n2CC)ccc1C(=O)O.Cc1ccccc1. The van der Waals surface area contributed by atoms with Crippen molar-refractivity contribution in [3.63, 3.8) is 0 Å². The van der Waals surface area contributed by atoms with Gasteiger partial charge in [0.1, 0.15) is 29.5 Å². The molecule has 1 N–H and O–H groups in total. The average Bonchev–Trinajstić information content (AvgIpc) is 3.22. The Morgan fingerprint density at radius 1 is 0.941 bits per heavy atom. The van der Waals surface area contributed by atoms with Crippen molar-refractivity contribution < 1.29 is 19.4 Å². The third-order valence-electron chi connectivity index (χ3n) is 4.84. The van der Waals surface area contributed by atoms with Crippen LogP contribution >= 0.6 is 0 Å². The number of nitrogens with zero attached hydrogens (tertiary/aromatic N) is 2. The summed E-state index contributed by atoms with van der Waals surface area (Å²) in [6.07, 6.45) is 0. The molecule has 3 aromatic carbocycles. The van der Waals surface area contributed by atoms with Crippen LogP contribution < -0.4 is 9.47 Å². The van der Waals surface area contributed by atoms with Crippen LogP contribution in [0, 0.1) is 6.92 Å². The van der Waals surface area contributed by atoms with E-state index in [2.05, 4.69) is 35.5 Å². The van der Waals surface area contributed by atoms with Crippen molar-refractivity contribution in [1.29, 1.82) is 0 Å². The van der Waals surface area contributed by atoms with E-state index in [1.54, 1.807) is 12.1 Å². The van der Waals surface area contributed by atoms with Crippen LogP contribution in [0.1, 0.15) is 49.4 Å². The monoisotopic (exact) mass is 462 g/mol. The van der Waals surface area contributed by atoms with Gasteiger partial charge in [-0.25, -0.2) is 9.78 Å². The second-order valence-corrected chi connectivity index (χ2v) is 7.10. The van der Waals surface area contributed by atoms with Crippen molar-refractivity contribution >= 4 is 17.0 Å². The van der Waals surface area contributed by atoms with Crippen LogP contribution in [0.25, 0.3) is 11.0 Å². The Bertz CT molecular complexity index is 1170. The third kappa shape index (κ3) is 7.10. The maximum atomic E-state index is 11.2. The number of ether oxygens (including phenoxy) is 2. The number of benzene rings is 3. The Morgan fingerprint density at radius 3 is 2.21 bits per heavy atom. The number of aromatic carboxylic acids is 1. The van der Waals surface area contributed by atoms with Crippen LogP contribution in [0.4, 0.5) is 0 Å². The van der Waals surface area contributed by atoms with Crippen LogP contribution in [-0.4, -0.2) is 27.2 Å². The van der Waals surface area contributed by atoms with E-state index in [-0.39, 0.29) is 5.56 Å². The molecule has 0 radical (unpaired) electrons. The quantitative estimate of drug-likeness (QED) is 0.329. The molecule has 34 heavy (non-hydrogen) atoms. The zero-order valence-corrected chi connectivity index (χ0v) is 20.6. The number of aryl methyl sites for hydroxylation is 2. The number of fused-ring (bicyclic) bond motifs is 1. The Labute approximate surface area is 201 Å². The average molecular weight is 463 g/mol. The first-order chi connectivity index (χ1) is 16.5. The molecule has 0 unspecified atom stereocenters. The fourth-order valence-electron chi connectivity index (χ4n) is 3.31. The molecule has 6 heteroatoms. The molecule has 0 atom stereocenters. The molecule has 1 aromatic heterocycles. The predicted molar refractivity (Wildman–Crippen MR) is 137 cm³/mol. The van der Waals surface area contributed by atoms with Gasteiger partial charge < -0.3 is 19.1 Å². The fraction of sp³-hybridized carbons (Fsp3) is 0.286. The van der Waals surface area contributed by atoms with Crippen molar-refractivity contribution in [2.24, 2.45) is 0 Å². The van der Waals surface area contributed by atoms with Crippen LogP contribution in [0.5, 0.6) is 11.5 Å². The highest BCUT2D eigenvalue weighted by atomic mass is 16.5. The van der Waals surface area contributed by atoms with E-state index in [1.807, 2.05) is 63.2 Å². The van der Waals surface area contributed by atoms with Crippen LogP contribution in [0.3, 0.4) is 0 Å². The van der Waals surface area contributed by atoms with E-state index < -0.39 is 5.97 Å². The Morgan fingerprint density at radius 2 is 1.62 bits per heavy atom. The molecule has 0 saturated carbocycles. The van der Waals surface area contributed by atoms with Gasteiger partial charge in [-0.05, 0) is 45.0 Å². The summed E-state index contributed by atoms with van der Waals surface area (Å²) < 4.78 is 13.3. The third-order valence-corrected chi connectivity index (χ3v) is 4.84. The highest BCUT2D eigenvalue weighted by Gasteiger charge is 2.14. The number of carboxylic acid groups (broad SMARTS) is 1. The molecule has 4 aromatic rings. The largest absolute Gasteiger partial charge is 0.493 e. The summed E-state index contributed by atoms with van der Waals surface area (Å²) in [6.45, 7) is 11.4. The molecule has 0 aliphatic carbocycles. The summed E-state index contributed by atoms with van der Waals surface area (Å²) in [5, 5.41) is 9.21. The minimum Gasteiger partial charge on any atom is -0.493 e. The standard InChI is InChI=1S/C19H20N2O4.C7H8.C2H6/c1-3-21-16-8-6-5-7-15(16)20-18(21)12-25-13-9-10-14(19(22)23)17(11-13)24-4-2;1-7-5-3-2-4-6-7;1-2/h5-11H,3-4,12H2,1-2H3,(H,22,23);2-6H,1H3;1-2H3. The molecule has 4 rings (SSSR count). The number of para-hydroxylation sites is 2.